The minimum Gasteiger partial charge on any atom is -0.506 e. The molecule has 0 radical (unpaired) electrons. The molecule has 1 amide bonds. The van der Waals surface area contributed by atoms with Crippen LogP contribution >= 0.6 is 11.8 Å². The van der Waals surface area contributed by atoms with Crippen LogP contribution in [0.15, 0.2) is 17.0 Å². The summed E-state index contributed by atoms with van der Waals surface area (Å²) >= 11 is 1.64. The number of benzene rings is 1. The molecule has 0 unspecified atom stereocenters. The molecular weight excluding hydrogens is 234 g/mol. The van der Waals surface area contributed by atoms with E-state index in [-0.39, 0.29) is 5.91 Å². The zero-order chi connectivity index (χ0) is 12.8. The molecule has 0 spiro atoms. The van der Waals surface area contributed by atoms with Crippen LogP contribution in [0.25, 0.3) is 0 Å². The van der Waals surface area contributed by atoms with Crippen LogP contribution in [-0.2, 0) is 11.2 Å². The van der Waals surface area contributed by atoms with E-state index in [1.54, 1.807) is 11.8 Å². The highest BCUT2D eigenvalue weighted by Crippen LogP contribution is 2.34. The first-order chi connectivity index (χ1) is 8.06. The molecule has 0 aliphatic heterocycles. The van der Waals surface area contributed by atoms with Gasteiger partial charge in [-0.05, 0) is 30.2 Å². The second-order valence-corrected chi connectivity index (χ2v) is 5.16. The predicted octanol–water partition coefficient (Wildman–Crippen LogP) is 2.49. The average molecular weight is 253 g/mol. The third-order valence-corrected chi connectivity index (χ3v) is 3.50. The molecule has 4 heteroatoms. The van der Waals surface area contributed by atoms with Gasteiger partial charge in [-0.2, -0.15) is 0 Å². The average Bonchev–Trinajstić information content (AvgIpc) is 2.27. The maximum Gasteiger partial charge on any atom is 0.216 e. The fourth-order valence-corrected chi connectivity index (χ4v) is 2.53. The van der Waals surface area contributed by atoms with Gasteiger partial charge in [-0.3, -0.25) is 4.79 Å². The maximum absolute atomic E-state index is 10.8. The number of rotatable bonds is 5. The number of carbonyl (C=O) groups is 1. The molecule has 1 rings (SSSR count). The molecule has 2 N–H and O–H groups in total. The van der Waals surface area contributed by atoms with Crippen LogP contribution in [0.1, 0.15) is 25.0 Å². The van der Waals surface area contributed by atoms with Crippen molar-refractivity contribution < 1.29 is 9.90 Å². The third-order valence-electron chi connectivity index (χ3n) is 2.47. The highest BCUT2D eigenvalue weighted by atomic mass is 32.2. The molecule has 0 atom stereocenters. The van der Waals surface area contributed by atoms with Crippen LogP contribution in [0, 0.1) is 6.92 Å². The summed E-state index contributed by atoms with van der Waals surface area (Å²) in [6.45, 7) is 6.07. The Morgan fingerprint density at radius 3 is 2.76 bits per heavy atom. The van der Waals surface area contributed by atoms with Crippen molar-refractivity contribution in [1.82, 2.24) is 5.32 Å². The standard InChI is InChI=1S/C13H19NO2S/c1-4-17-13-11(7-8-14-10(3)15)6-5-9(2)12(13)16/h5-6,16H,4,7-8H2,1-3H3,(H,14,15). The molecular formula is C13H19NO2S. The van der Waals surface area contributed by atoms with Gasteiger partial charge < -0.3 is 10.4 Å². The largest absolute Gasteiger partial charge is 0.506 e. The SMILES string of the molecule is CCSc1c(CCNC(C)=O)ccc(C)c1O. The van der Waals surface area contributed by atoms with Crippen LogP contribution in [0.5, 0.6) is 5.75 Å². The van der Waals surface area contributed by atoms with Gasteiger partial charge in [0.25, 0.3) is 0 Å². The number of hydrogen-bond donors (Lipinski definition) is 2. The monoisotopic (exact) mass is 253 g/mol. The molecule has 0 aliphatic rings. The smallest absolute Gasteiger partial charge is 0.216 e. The minimum atomic E-state index is -0.0222. The fraction of sp³-hybridized carbons (Fsp3) is 0.462. The van der Waals surface area contributed by atoms with E-state index < -0.39 is 0 Å². The second kappa shape index (κ2) is 6.55. The van der Waals surface area contributed by atoms with Crippen LogP contribution in [0.4, 0.5) is 0 Å². The van der Waals surface area contributed by atoms with Gasteiger partial charge in [-0.15, -0.1) is 11.8 Å². The number of aryl methyl sites for hydroxylation is 1. The Labute approximate surface area is 107 Å². The van der Waals surface area contributed by atoms with Gasteiger partial charge in [-0.1, -0.05) is 19.1 Å². The van der Waals surface area contributed by atoms with Gasteiger partial charge in [-0.25, -0.2) is 0 Å². The Morgan fingerprint density at radius 2 is 2.18 bits per heavy atom. The van der Waals surface area contributed by atoms with Crippen molar-refractivity contribution in [1.29, 1.82) is 0 Å². The third kappa shape index (κ3) is 3.97. The van der Waals surface area contributed by atoms with Gasteiger partial charge >= 0.3 is 0 Å². The molecule has 0 saturated heterocycles. The zero-order valence-electron chi connectivity index (χ0n) is 10.5. The number of phenols is 1. The Morgan fingerprint density at radius 1 is 1.47 bits per heavy atom. The summed E-state index contributed by atoms with van der Waals surface area (Å²) < 4.78 is 0. The number of aromatic hydroxyl groups is 1. The predicted molar refractivity (Wildman–Crippen MR) is 71.6 cm³/mol. The molecule has 17 heavy (non-hydrogen) atoms. The second-order valence-electron chi connectivity index (χ2n) is 3.89. The van der Waals surface area contributed by atoms with E-state index in [2.05, 4.69) is 12.2 Å². The van der Waals surface area contributed by atoms with Gasteiger partial charge in [0.1, 0.15) is 5.75 Å². The van der Waals surface area contributed by atoms with Gasteiger partial charge in [0.2, 0.25) is 5.91 Å². The Kier molecular flexibility index (Phi) is 5.35. The van der Waals surface area contributed by atoms with E-state index in [4.69, 9.17) is 0 Å². The van der Waals surface area contributed by atoms with Crippen LogP contribution < -0.4 is 5.32 Å². The number of thioether (sulfide) groups is 1. The summed E-state index contributed by atoms with van der Waals surface area (Å²) in [7, 11) is 0. The number of nitrogens with one attached hydrogen (secondary N) is 1. The summed E-state index contributed by atoms with van der Waals surface area (Å²) in [5.74, 6) is 1.27. The molecule has 0 aliphatic carbocycles. The van der Waals surface area contributed by atoms with Crippen LogP contribution in [-0.4, -0.2) is 23.3 Å². The Bertz CT molecular complexity index is 405. The summed E-state index contributed by atoms with van der Waals surface area (Å²) in [4.78, 5) is 11.7. The van der Waals surface area contributed by atoms with Crippen LogP contribution in [0.2, 0.25) is 0 Å². The lowest BCUT2D eigenvalue weighted by Crippen LogP contribution is -2.22. The van der Waals surface area contributed by atoms with E-state index >= 15 is 0 Å². The van der Waals surface area contributed by atoms with Crippen molar-refractivity contribution in [3.05, 3.63) is 23.3 Å². The van der Waals surface area contributed by atoms with E-state index in [1.165, 1.54) is 6.92 Å². The van der Waals surface area contributed by atoms with E-state index in [0.717, 1.165) is 28.2 Å². The van der Waals surface area contributed by atoms with E-state index in [1.807, 2.05) is 19.1 Å². The number of carbonyl (C=O) groups excluding carboxylic acids is 1. The molecule has 0 aromatic heterocycles. The molecule has 1 aromatic carbocycles. The van der Waals surface area contributed by atoms with E-state index in [9.17, 15) is 9.90 Å². The van der Waals surface area contributed by atoms with Crippen molar-refractivity contribution in [2.45, 2.75) is 32.1 Å². The molecule has 3 nitrogen and oxygen atoms in total. The summed E-state index contributed by atoms with van der Waals surface area (Å²) in [5.41, 5.74) is 1.98. The molecule has 0 heterocycles. The van der Waals surface area contributed by atoms with Crippen molar-refractivity contribution in [3.63, 3.8) is 0 Å². The topological polar surface area (TPSA) is 49.3 Å². The van der Waals surface area contributed by atoms with Crippen molar-refractivity contribution in [2.24, 2.45) is 0 Å². The molecule has 94 valence electrons. The van der Waals surface area contributed by atoms with Gasteiger partial charge in [0.15, 0.2) is 0 Å². The first-order valence-corrected chi connectivity index (χ1v) is 6.73. The Balaban J connectivity index is 2.83. The quantitative estimate of drug-likeness (QED) is 0.793. The van der Waals surface area contributed by atoms with Crippen LogP contribution in [0.3, 0.4) is 0 Å². The molecule has 0 fully saturated rings. The van der Waals surface area contributed by atoms with Crippen molar-refractivity contribution in [2.75, 3.05) is 12.3 Å². The number of hydrogen-bond acceptors (Lipinski definition) is 3. The Hall–Kier alpha value is -1.16. The summed E-state index contributed by atoms with van der Waals surface area (Å²) in [5, 5.41) is 12.8. The highest BCUT2D eigenvalue weighted by molar-refractivity contribution is 7.99. The lowest BCUT2D eigenvalue weighted by Gasteiger charge is -2.12. The first kappa shape index (κ1) is 13.9. The molecule has 1 aromatic rings. The van der Waals surface area contributed by atoms with Crippen molar-refractivity contribution >= 4 is 17.7 Å². The zero-order valence-corrected chi connectivity index (χ0v) is 11.4. The summed E-state index contributed by atoms with van der Waals surface area (Å²) in [6.07, 6.45) is 0.746. The first-order valence-electron chi connectivity index (χ1n) is 5.75. The number of phenolic OH excluding ortho intramolecular Hbond substituents is 1. The lowest BCUT2D eigenvalue weighted by molar-refractivity contribution is -0.118. The summed E-state index contributed by atoms with van der Waals surface area (Å²) in [6, 6.07) is 3.94. The normalized spacial score (nSPS) is 10.3. The lowest BCUT2D eigenvalue weighted by atomic mass is 10.1. The molecule has 0 bridgehead atoms. The van der Waals surface area contributed by atoms with E-state index in [0.29, 0.717) is 12.3 Å². The van der Waals surface area contributed by atoms with Gasteiger partial charge in [0.05, 0.1) is 4.90 Å². The minimum absolute atomic E-state index is 0.0222. The highest BCUT2D eigenvalue weighted by Gasteiger charge is 2.10. The van der Waals surface area contributed by atoms with Crippen molar-refractivity contribution in [3.8, 4) is 5.75 Å². The number of amides is 1. The molecule has 0 saturated carbocycles. The van der Waals surface area contributed by atoms with Gasteiger partial charge in [0, 0.05) is 13.5 Å². The maximum atomic E-state index is 10.8. The fourth-order valence-electron chi connectivity index (χ4n) is 1.59.